The van der Waals surface area contributed by atoms with E-state index in [0.29, 0.717) is 0 Å². The standard InChI is InChI=1S/C10H10/c1-2-8-5-6-9-4-3-7(1)10(8)9/h1-5,7,9-10H,6H2/t7-,9+,10+/m1/s1. The maximum Gasteiger partial charge on any atom is 0.00243 e. The first-order valence-electron chi connectivity index (χ1n) is 4.02. The summed E-state index contributed by atoms with van der Waals surface area (Å²) in [6, 6.07) is 0. The Morgan fingerprint density at radius 2 is 2.20 bits per heavy atom. The van der Waals surface area contributed by atoms with Crippen molar-refractivity contribution in [2.45, 2.75) is 6.42 Å². The molecule has 0 aliphatic heterocycles. The van der Waals surface area contributed by atoms with E-state index >= 15 is 0 Å². The van der Waals surface area contributed by atoms with Crippen LogP contribution in [-0.4, -0.2) is 0 Å². The molecule has 0 aromatic rings. The summed E-state index contributed by atoms with van der Waals surface area (Å²) < 4.78 is 0. The van der Waals surface area contributed by atoms with Gasteiger partial charge in [0.1, 0.15) is 0 Å². The number of hydrogen-bond acceptors (Lipinski definition) is 0. The van der Waals surface area contributed by atoms with Gasteiger partial charge in [-0.2, -0.15) is 0 Å². The summed E-state index contributed by atoms with van der Waals surface area (Å²) in [5, 5.41) is 0. The second-order valence-corrected chi connectivity index (χ2v) is 3.45. The van der Waals surface area contributed by atoms with Gasteiger partial charge in [0.05, 0.1) is 0 Å². The predicted molar refractivity (Wildman–Crippen MR) is 41.5 cm³/mol. The minimum atomic E-state index is 0.763. The molecule has 0 nitrogen and oxygen atoms in total. The molecule has 3 aliphatic rings. The molecular weight excluding hydrogens is 120 g/mol. The Hall–Kier alpha value is -0.780. The zero-order valence-corrected chi connectivity index (χ0v) is 5.83. The number of hydrogen-bond donors (Lipinski definition) is 0. The monoisotopic (exact) mass is 130 g/mol. The smallest absolute Gasteiger partial charge is 0.00243 e. The summed E-state index contributed by atoms with van der Waals surface area (Å²) in [5.41, 5.74) is 1.60. The summed E-state index contributed by atoms with van der Waals surface area (Å²) in [4.78, 5) is 0. The lowest BCUT2D eigenvalue weighted by atomic mass is 9.92. The molecule has 0 unspecified atom stereocenters. The highest BCUT2D eigenvalue weighted by molar-refractivity contribution is 5.41. The molecule has 0 aromatic carbocycles. The van der Waals surface area contributed by atoms with Gasteiger partial charge in [-0.05, 0) is 23.8 Å². The van der Waals surface area contributed by atoms with Crippen LogP contribution >= 0.6 is 0 Å². The normalized spacial score (nSPS) is 46.4. The predicted octanol–water partition coefficient (Wildman–Crippen LogP) is 2.30. The van der Waals surface area contributed by atoms with E-state index < -0.39 is 0 Å². The van der Waals surface area contributed by atoms with Gasteiger partial charge in [0.25, 0.3) is 0 Å². The van der Waals surface area contributed by atoms with Gasteiger partial charge in [-0.15, -0.1) is 0 Å². The molecular formula is C10H10. The van der Waals surface area contributed by atoms with Crippen molar-refractivity contribution in [3.8, 4) is 0 Å². The highest BCUT2D eigenvalue weighted by Crippen LogP contribution is 2.48. The first-order chi connectivity index (χ1) is 4.95. The van der Waals surface area contributed by atoms with Crippen molar-refractivity contribution in [3.05, 3.63) is 36.0 Å². The molecule has 0 saturated heterocycles. The third kappa shape index (κ3) is 0.406. The van der Waals surface area contributed by atoms with Gasteiger partial charge < -0.3 is 0 Å². The third-order valence-electron chi connectivity index (χ3n) is 2.98. The number of allylic oxidation sites excluding steroid dienone is 6. The van der Waals surface area contributed by atoms with E-state index in [4.69, 9.17) is 0 Å². The quantitative estimate of drug-likeness (QED) is 0.441. The van der Waals surface area contributed by atoms with Crippen LogP contribution in [0.3, 0.4) is 0 Å². The first-order valence-corrected chi connectivity index (χ1v) is 4.02. The van der Waals surface area contributed by atoms with Gasteiger partial charge >= 0.3 is 0 Å². The molecule has 0 amide bonds. The van der Waals surface area contributed by atoms with E-state index in [0.717, 1.165) is 17.8 Å². The van der Waals surface area contributed by atoms with Gasteiger partial charge in [0.2, 0.25) is 0 Å². The average Bonchev–Trinajstić information content (AvgIpc) is 2.56. The van der Waals surface area contributed by atoms with E-state index in [-0.39, 0.29) is 0 Å². The van der Waals surface area contributed by atoms with E-state index in [1.165, 1.54) is 6.42 Å². The van der Waals surface area contributed by atoms with Crippen molar-refractivity contribution in [1.29, 1.82) is 0 Å². The van der Waals surface area contributed by atoms with Crippen LogP contribution < -0.4 is 0 Å². The maximum atomic E-state index is 2.40. The molecule has 50 valence electrons. The molecule has 0 spiro atoms. The summed E-state index contributed by atoms with van der Waals surface area (Å²) >= 11 is 0. The second kappa shape index (κ2) is 1.45. The average molecular weight is 130 g/mol. The second-order valence-electron chi connectivity index (χ2n) is 3.45. The Bertz CT molecular complexity index is 255. The van der Waals surface area contributed by atoms with Crippen molar-refractivity contribution in [1.82, 2.24) is 0 Å². The van der Waals surface area contributed by atoms with Crippen LogP contribution in [0.15, 0.2) is 36.0 Å². The highest BCUT2D eigenvalue weighted by atomic mass is 14.4. The van der Waals surface area contributed by atoms with E-state index in [2.05, 4.69) is 30.4 Å². The fraction of sp³-hybridized carbons (Fsp3) is 0.400. The number of rotatable bonds is 0. The molecule has 0 N–H and O–H groups in total. The molecule has 0 heteroatoms. The molecule has 3 atom stereocenters. The zero-order valence-electron chi connectivity index (χ0n) is 5.83. The minimum absolute atomic E-state index is 0.763. The lowest BCUT2D eigenvalue weighted by molar-refractivity contribution is 0.489. The van der Waals surface area contributed by atoms with Gasteiger partial charge in [-0.3, -0.25) is 0 Å². The third-order valence-corrected chi connectivity index (χ3v) is 2.98. The van der Waals surface area contributed by atoms with Crippen LogP contribution in [0, 0.1) is 17.8 Å². The van der Waals surface area contributed by atoms with Crippen molar-refractivity contribution in [2.75, 3.05) is 0 Å². The molecule has 0 saturated carbocycles. The summed E-state index contributed by atoms with van der Waals surface area (Å²) in [6.45, 7) is 0. The van der Waals surface area contributed by atoms with Crippen LogP contribution in [0.4, 0.5) is 0 Å². The minimum Gasteiger partial charge on any atom is -0.0839 e. The molecule has 3 aliphatic carbocycles. The molecule has 0 heterocycles. The van der Waals surface area contributed by atoms with Crippen LogP contribution in [0.2, 0.25) is 0 Å². The lowest BCUT2D eigenvalue weighted by Gasteiger charge is -2.11. The Labute approximate surface area is 60.9 Å². The Kier molecular flexibility index (Phi) is 0.715. The van der Waals surface area contributed by atoms with Gasteiger partial charge in [-0.1, -0.05) is 30.4 Å². The van der Waals surface area contributed by atoms with E-state index in [1.54, 1.807) is 5.57 Å². The van der Waals surface area contributed by atoms with Gasteiger partial charge in [0, 0.05) is 5.92 Å². The van der Waals surface area contributed by atoms with Gasteiger partial charge in [-0.25, -0.2) is 0 Å². The maximum absolute atomic E-state index is 2.40. The first kappa shape index (κ1) is 4.95. The summed E-state index contributed by atoms with van der Waals surface area (Å²) in [7, 11) is 0. The van der Waals surface area contributed by atoms with Crippen molar-refractivity contribution < 1.29 is 0 Å². The highest BCUT2D eigenvalue weighted by Gasteiger charge is 2.37. The van der Waals surface area contributed by atoms with Gasteiger partial charge in [0.15, 0.2) is 0 Å². The Balaban J connectivity index is 2.16. The van der Waals surface area contributed by atoms with Crippen LogP contribution in [0.1, 0.15) is 6.42 Å². The molecule has 0 fully saturated rings. The fourth-order valence-electron chi connectivity index (χ4n) is 2.48. The van der Waals surface area contributed by atoms with Crippen molar-refractivity contribution >= 4 is 0 Å². The largest absolute Gasteiger partial charge is 0.0839 e. The molecule has 0 aromatic heterocycles. The summed E-state index contributed by atoms with van der Waals surface area (Å²) in [6.07, 6.45) is 13.1. The van der Waals surface area contributed by atoms with Crippen LogP contribution in [0.25, 0.3) is 0 Å². The topological polar surface area (TPSA) is 0 Å². The van der Waals surface area contributed by atoms with Crippen molar-refractivity contribution in [3.63, 3.8) is 0 Å². The summed E-state index contributed by atoms with van der Waals surface area (Å²) in [5.74, 6) is 2.48. The zero-order chi connectivity index (χ0) is 6.55. The lowest BCUT2D eigenvalue weighted by Crippen LogP contribution is -2.06. The molecule has 10 heavy (non-hydrogen) atoms. The van der Waals surface area contributed by atoms with E-state index in [1.807, 2.05) is 0 Å². The molecule has 0 bridgehead atoms. The van der Waals surface area contributed by atoms with E-state index in [9.17, 15) is 0 Å². The Morgan fingerprint density at radius 3 is 3.20 bits per heavy atom. The van der Waals surface area contributed by atoms with Crippen molar-refractivity contribution in [2.24, 2.45) is 17.8 Å². The Morgan fingerprint density at radius 1 is 1.20 bits per heavy atom. The van der Waals surface area contributed by atoms with Crippen LogP contribution in [-0.2, 0) is 0 Å². The van der Waals surface area contributed by atoms with Crippen LogP contribution in [0.5, 0.6) is 0 Å². The SMILES string of the molecule is C1=C[C@@H]2C=C[C@H]3CC=C1[C@H]23. The molecule has 0 radical (unpaired) electrons. The molecule has 3 rings (SSSR count). The fourth-order valence-corrected chi connectivity index (χ4v) is 2.48.